The Balaban J connectivity index is 2.44. The first-order valence-electron chi connectivity index (χ1n) is 6.53. The summed E-state index contributed by atoms with van der Waals surface area (Å²) in [6.07, 6.45) is 0. The molecule has 2 aromatic rings. The van der Waals surface area contributed by atoms with Crippen LogP contribution in [0, 0.1) is 13.8 Å². The molecule has 0 bridgehead atoms. The van der Waals surface area contributed by atoms with E-state index in [0.717, 1.165) is 0 Å². The van der Waals surface area contributed by atoms with E-state index in [1.54, 1.807) is 26.0 Å². The molecule has 23 heavy (non-hydrogen) atoms. The van der Waals surface area contributed by atoms with Gasteiger partial charge in [-0.3, -0.25) is 4.79 Å². The van der Waals surface area contributed by atoms with Gasteiger partial charge < -0.3 is 10.1 Å². The van der Waals surface area contributed by atoms with E-state index in [4.69, 9.17) is 23.2 Å². The van der Waals surface area contributed by atoms with Gasteiger partial charge in [-0.15, -0.1) is 0 Å². The molecule has 6 nitrogen and oxygen atoms in total. The van der Waals surface area contributed by atoms with Crippen molar-refractivity contribution in [1.29, 1.82) is 0 Å². The summed E-state index contributed by atoms with van der Waals surface area (Å²) in [6.45, 7) is 3.37. The number of esters is 1. The fraction of sp³-hybridized carbons (Fsp3) is 0.200. The number of carbonyl (C=O) groups is 2. The normalized spacial score (nSPS) is 10.3. The number of rotatable bonds is 3. The Morgan fingerprint density at radius 1 is 1.09 bits per heavy atom. The van der Waals surface area contributed by atoms with Gasteiger partial charge in [-0.2, -0.15) is 0 Å². The Bertz CT molecular complexity index is 794. The highest BCUT2D eigenvalue weighted by Gasteiger charge is 2.23. The summed E-state index contributed by atoms with van der Waals surface area (Å²) in [4.78, 5) is 32.5. The number of benzene rings is 1. The van der Waals surface area contributed by atoms with Crippen molar-refractivity contribution >= 4 is 40.8 Å². The van der Waals surface area contributed by atoms with Crippen molar-refractivity contribution in [2.75, 3.05) is 12.4 Å². The minimum Gasteiger partial charge on any atom is -0.464 e. The molecule has 0 fully saturated rings. The highest BCUT2D eigenvalue weighted by molar-refractivity contribution is 6.35. The molecule has 1 N–H and O–H groups in total. The van der Waals surface area contributed by atoms with Gasteiger partial charge >= 0.3 is 5.97 Å². The number of aromatic nitrogens is 2. The first kappa shape index (κ1) is 17.2. The summed E-state index contributed by atoms with van der Waals surface area (Å²) in [5.74, 6) is -1.38. The third-order valence-corrected chi connectivity index (χ3v) is 3.64. The number of halogens is 2. The standard InChI is InChI=1S/C15H13Cl2N3O3/c1-7-8(2)19-13(15(22)23-3)12(18-7)14(21)20-11-6-9(16)4-5-10(11)17/h4-6H,1-3H3,(H,20,21). The van der Waals surface area contributed by atoms with Crippen LogP contribution in [0.15, 0.2) is 18.2 Å². The Morgan fingerprint density at radius 3 is 2.30 bits per heavy atom. The molecule has 2 rings (SSSR count). The number of aryl methyl sites for hydroxylation is 2. The molecule has 0 aliphatic carbocycles. The highest BCUT2D eigenvalue weighted by atomic mass is 35.5. The molecule has 1 aromatic carbocycles. The Hall–Kier alpha value is -2.18. The fourth-order valence-corrected chi connectivity index (χ4v) is 2.11. The predicted molar refractivity (Wildman–Crippen MR) is 87.3 cm³/mol. The molecule has 0 radical (unpaired) electrons. The number of hydrogen-bond acceptors (Lipinski definition) is 5. The topological polar surface area (TPSA) is 81.2 Å². The van der Waals surface area contributed by atoms with Gasteiger partial charge in [0.1, 0.15) is 0 Å². The van der Waals surface area contributed by atoms with Crippen molar-refractivity contribution in [3.63, 3.8) is 0 Å². The second kappa shape index (κ2) is 6.93. The number of nitrogens with one attached hydrogen (secondary N) is 1. The van der Waals surface area contributed by atoms with E-state index < -0.39 is 11.9 Å². The molecule has 0 aliphatic heterocycles. The van der Waals surface area contributed by atoms with Crippen LogP contribution in [0.1, 0.15) is 32.4 Å². The number of carbonyl (C=O) groups excluding carboxylic acids is 2. The quantitative estimate of drug-likeness (QED) is 0.854. The second-order valence-corrected chi connectivity index (χ2v) is 5.51. The highest BCUT2D eigenvalue weighted by Crippen LogP contribution is 2.26. The molecule has 8 heteroatoms. The molecule has 0 saturated carbocycles. The predicted octanol–water partition coefficient (Wildman–Crippen LogP) is 3.44. The monoisotopic (exact) mass is 353 g/mol. The van der Waals surface area contributed by atoms with Crippen molar-refractivity contribution in [2.45, 2.75) is 13.8 Å². The van der Waals surface area contributed by atoms with Crippen LogP contribution in [0.4, 0.5) is 5.69 Å². The maximum atomic E-state index is 12.5. The lowest BCUT2D eigenvalue weighted by Gasteiger charge is -2.11. The van der Waals surface area contributed by atoms with Crippen LogP contribution in [-0.4, -0.2) is 29.0 Å². The average Bonchev–Trinajstić information content (AvgIpc) is 2.52. The largest absolute Gasteiger partial charge is 0.464 e. The third kappa shape index (κ3) is 3.78. The summed E-state index contributed by atoms with van der Waals surface area (Å²) in [5.41, 5.74) is 1.06. The van der Waals surface area contributed by atoms with Gasteiger partial charge in [-0.05, 0) is 32.0 Å². The van der Waals surface area contributed by atoms with Crippen molar-refractivity contribution in [3.05, 3.63) is 51.0 Å². The maximum Gasteiger partial charge on any atom is 0.359 e. The van der Waals surface area contributed by atoms with Gasteiger partial charge in [0.15, 0.2) is 11.4 Å². The molecule has 120 valence electrons. The zero-order valence-corrected chi connectivity index (χ0v) is 14.1. The first-order valence-corrected chi connectivity index (χ1v) is 7.29. The smallest absolute Gasteiger partial charge is 0.359 e. The van der Waals surface area contributed by atoms with Crippen molar-refractivity contribution in [3.8, 4) is 0 Å². The minimum absolute atomic E-state index is 0.143. The lowest BCUT2D eigenvalue weighted by atomic mass is 10.2. The Kier molecular flexibility index (Phi) is 5.18. The number of amides is 1. The number of ether oxygens (including phenoxy) is 1. The summed E-state index contributed by atoms with van der Waals surface area (Å²) >= 11 is 11.9. The third-order valence-electron chi connectivity index (χ3n) is 3.08. The van der Waals surface area contributed by atoms with Crippen LogP contribution in [0.3, 0.4) is 0 Å². The van der Waals surface area contributed by atoms with Crippen LogP contribution >= 0.6 is 23.2 Å². The summed E-state index contributed by atoms with van der Waals surface area (Å²) in [5, 5.41) is 3.28. The summed E-state index contributed by atoms with van der Waals surface area (Å²) in [6, 6.07) is 4.64. The molecule has 1 aromatic heterocycles. The van der Waals surface area contributed by atoms with Gasteiger partial charge in [-0.1, -0.05) is 23.2 Å². The number of methoxy groups -OCH3 is 1. The molecule has 1 heterocycles. The van der Waals surface area contributed by atoms with E-state index >= 15 is 0 Å². The van der Waals surface area contributed by atoms with Gasteiger partial charge in [0.25, 0.3) is 5.91 Å². The zero-order chi connectivity index (χ0) is 17.1. The zero-order valence-electron chi connectivity index (χ0n) is 12.6. The maximum absolute atomic E-state index is 12.5. The van der Waals surface area contributed by atoms with Gasteiger partial charge in [0.05, 0.1) is 29.2 Å². The van der Waals surface area contributed by atoms with Crippen LogP contribution < -0.4 is 5.32 Å². The lowest BCUT2D eigenvalue weighted by molar-refractivity contribution is 0.0589. The second-order valence-electron chi connectivity index (χ2n) is 4.66. The van der Waals surface area contributed by atoms with Gasteiger partial charge in [0.2, 0.25) is 0 Å². The first-order chi connectivity index (χ1) is 10.8. The van der Waals surface area contributed by atoms with Gasteiger partial charge in [-0.25, -0.2) is 14.8 Å². The van der Waals surface area contributed by atoms with E-state index in [1.807, 2.05) is 0 Å². The Labute approximate surface area is 142 Å². The molecular weight excluding hydrogens is 341 g/mol. The SMILES string of the molecule is COC(=O)c1nc(C)c(C)nc1C(=O)Nc1cc(Cl)ccc1Cl. The molecule has 0 unspecified atom stereocenters. The lowest BCUT2D eigenvalue weighted by Crippen LogP contribution is -2.22. The molecule has 0 aliphatic rings. The van der Waals surface area contributed by atoms with Crippen molar-refractivity contribution in [1.82, 2.24) is 9.97 Å². The van der Waals surface area contributed by atoms with Crippen LogP contribution in [0.5, 0.6) is 0 Å². The Morgan fingerprint density at radius 2 is 1.70 bits per heavy atom. The van der Waals surface area contributed by atoms with E-state index in [0.29, 0.717) is 27.1 Å². The van der Waals surface area contributed by atoms with Gasteiger partial charge in [0, 0.05) is 5.02 Å². The number of nitrogens with zero attached hydrogens (tertiary/aromatic N) is 2. The van der Waals surface area contributed by atoms with E-state index in [1.165, 1.54) is 13.2 Å². The molecule has 0 spiro atoms. The average molecular weight is 354 g/mol. The number of anilines is 1. The molecule has 1 amide bonds. The molecule has 0 atom stereocenters. The van der Waals surface area contributed by atoms with Crippen molar-refractivity contribution in [2.24, 2.45) is 0 Å². The molecule has 0 saturated heterocycles. The summed E-state index contributed by atoms with van der Waals surface area (Å²) in [7, 11) is 1.20. The number of hydrogen-bond donors (Lipinski definition) is 1. The van der Waals surface area contributed by atoms with Crippen LogP contribution in [0.25, 0.3) is 0 Å². The van der Waals surface area contributed by atoms with E-state index in [2.05, 4.69) is 20.0 Å². The minimum atomic E-state index is -0.747. The fourth-order valence-electron chi connectivity index (χ4n) is 1.78. The van der Waals surface area contributed by atoms with Crippen LogP contribution in [-0.2, 0) is 4.74 Å². The summed E-state index contributed by atoms with van der Waals surface area (Å²) < 4.78 is 4.65. The van der Waals surface area contributed by atoms with Crippen molar-refractivity contribution < 1.29 is 14.3 Å². The van der Waals surface area contributed by atoms with E-state index in [9.17, 15) is 9.59 Å². The van der Waals surface area contributed by atoms with Crippen LogP contribution in [0.2, 0.25) is 10.0 Å². The van der Waals surface area contributed by atoms with E-state index in [-0.39, 0.29) is 11.4 Å². The molecular formula is C15H13Cl2N3O3.